The van der Waals surface area contributed by atoms with Crippen LogP contribution in [0.15, 0.2) is 39.1 Å². The van der Waals surface area contributed by atoms with Crippen LogP contribution in [0.25, 0.3) is 11.0 Å². The number of aromatic hydroxyl groups is 1. The summed E-state index contributed by atoms with van der Waals surface area (Å²) in [5.74, 6) is 0.597. The van der Waals surface area contributed by atoms with Gasteiger partial charge in [0.05, 0.1) is 23.2 Å². The van der Waals surface area contributed by atoms with Gasteiger partial charge in [-0.1, -0.05) is 11.6 Å². The second-order valence-corrected chi connectivity index (χ2v) is 7.17. The highest BCUT2D eigenvalue weighted by Gasteiger charge is 2.46. The molecule has 0 saturated carbocycles. The Labute approximate surface area is 139 Å². The summed E-state index contributed by atoms with van der Waals surface area (Å²) in [7, 11) is 0. The molecule has 0 amide bonds. The van der Waals surface area contributed by atoms with Crippen molar-refractivity contribution in [3.8, 4) is 11.5 Å². The zero-order valence-corrected chi connectivity index (χ0v) is 14.0. The van der Waals surface area contributed by atoms with E-state index >= 15 is 0 Å². The fourth-order valence-corrected chi connectivity index (χ4v) is 3.79. The van der Waals surface area contributed by atoms with Crippen LogP contribution in [-0.2, 0) is 4.74 Å². The van der Waals surface area contributed by atoms with E-state index in [-0.39, 0.29) is 23.6 Å². The lowest BCUT2D eigenvalue weighted by molar-refractivity contribution is -0.128. The Bertz CT molecular complexity index is 906. The largest absolute Gasteiger partial charge is 0.507 e. The van der Waals surface area contributed by atoms with Crippen LogP contribution in [-0.4, -0.2) is 16.8 Å². The summed E-state index contributed by atoms with van der Waals surface area (Å²) in [5, 5.41) is 11.2. The second-order valence-electron chi connectivity index (χ2n) is 7.17. The minimum absolute atomic E-state index is 0.0456. The summed E-state index contributed by atoms with van der Waals surface area (Å²) in [6.45, 7) is 6.13. The molecule has 1 N–H and O–H groups in total. The van der Waals surface area contributed by atoms with Crippen LogP contribution >= 0.6 is 0 Å². The lowest BCUT2D eigenvalue weighted by atomic mass is 9.82. The topological polar surface area (TPSA) is 68.9 Å². The van der Waals surface area contributed by atoms with Crippen molar-refractivity contribution in [1.82, 2.24) is 0 Å². The molecule has 0 aliphatic carbocycles. The molecule has 3 heterocycles. The molecule has 5 heteroatoms. The lowest BCUT2D eigenvalue weighted by Crippen LogP contribution is -2.46. The predicted octanol–water partition coefficient (Wildman–Crippen LogP) is 3.84. The van der Waals surface area contributed by atoms with Gasteiger partial charge in [-0.25, -0.2) is 4.79 Å². The highest BCUT2D eigenvalue weighted by atomic mass is 16.5. The van der Waals surface area contributed by atoms with E-state index in [1.54, 1.807) is 12.1 Å². The number of hydrogen-bond acceptors (Lipinski definition) is 5. The molecule has 2 aliphatic heterocycles. The summed E-state index contributed by atoms with van der Waals surface area (Å²) >= 11 is 0. The van der Waals surface area contributed by atoms with Gasteiger partial charge in [-0.3, -0.25) is 0 Å². The van der Waals surface area contributed by atoms with Crippen LogP contribution in [0.2, 0.25) is 0 Å². The van der Waals surface area contributed by atoms with E-state index in [1.807, 2.05) is 13.8 Å². The molecule has 1 aromatic heterocycles. The molecule has 2 aromatic rings. The Kier molecular flexibility index (Phi) is 3.25. The van der Waals surface area contributed by atoms with Gasteiger partial charge in [0.1, 0.15) is 22.7 Å². The van der Waals surface area contributed by atoms with Gasteiger partial charge in [0.15, 0.2) is 0 Å². The summed E-state index contributed by atoms with van der Waals surface area (Å²) in [5.41, 5.74) is 1.32. The Morgan fingerprint density at radius 3 is 2.88 bits per heavy atom. The quantitative estimate of drug-likeness (QED) is 0.636. The van der Waals surface area contributed by atoms with Crippen LogP contribution in [0.5, 0.6) is 11.5 Å². The summed E-state index contributed by atoms with van der Waals surface area (Å²) in [6.07, 6.45) is 3.23. The zero-order valence-electron chi connectivity index (χ0n) is 14.0. The molecule has 24 heavy (non-hydrogen) atoms. The van der Waals surface area contributed by atoms with Gasteiger partial charge in [0.2, 0.25) is 0 Å². The Hall–Kier alpha value is -2.27. The smallest absolute Gasteiger partial charge is 0.336 e. The molecule has 1 saturated heterocycles. The number of fused-ring (bicyclic) bond motifs is 5. The highest BCUT2D eigenvalue weighted by Crippen LogP contribution is 2.52. The highest BCUT2D eigenvalue weighted by molar-refractivity contribution is 5.87. The van der Waals surface area contributed by atoms with Crippen molar-refractivity contribution in [2.45, 2.75) is 51.4 Å². The zero-order chi connectivity index (χ0) is 17.1. The fourth-order valence-electron chi connectivity index (χ4n) is 3.79. The third kappa shape index (κ3) is 2.40. The van der Waals surface area contributed by atoms with Crippen molar-refractivity contribution in [3.05, 3.63) is 45.8 Å². The number of phenolic OH excluding ortho intramolecular Hbond substituents is 1. The third-order valence-electron chi connectivity index (χ3n) is 4.69. The average molecular weight is 328 g/mol. The van der Waals surface area contributed by atoms with Gasteiger partial charge in [-0.15, -0.1) is 0 Å². The van der Waals surface area contributed by atoms with Gasteiger partial charge < -0.3 is 19.0 Å². The van der Waals surface area contributed by atoms with E-state index in [0.29, 0.717) is 28.7 Å². The first-order chi connectivity index (χ1) is 11.3. The van der Waals surface area contributed by atoms with Gasteiger partial charge in [0.25, 0.3) is 0 Å². The first-order valence-corrected chi connectivity index (χ1v) is 8.14. The maximum absolute atomic E-state index is 11.4. The fraction of sp³-hybridized carbons (Fsp3) is 0.421. The van der Waals surface area contributed by atoms with Crippen molar-refractivity contribution >= 4 is 11.0 Å². The van der Waals surface area contributed by atoms with Crippen LogP contribution < -0.4 is 10.4 Å². The lowest BCUT2D eigenvalue weighted by Gasteiger charge is -2.46. The van der Waals surface area contributed by atoms with Crippen LogP contribution in [0.4, 0.5) is 0 Å². The maximum atomic E-state index is 11.4. The molecule has 126 valence electrons. The SMILES string of the molecule is CC(C)=C[C@H]1C[C@@]2(C)C[C@@H](O1)c1c(cc3oc(=O)ccc3c1O)O2. The number of allylic oxidation sites excluding steroid dienone is 1. The third-order valence-corrected chi connectivity index (χ3v) is 4.69. The molecule has 2 bridgehead atoms. The number of ether oxygens (including phenoxy) is 2. The predicted molar refractivity (Wildman–Crippen MR) is 89.5 cm³/mol. The monoisotopic (exact) mass is 328 g/mol. The Morgan fingerprint density at radius 2 is 2.12 bits per heavy atom. The van der Waals surface area contributed by atoms with E-state index < -0.39 is 5.63 Å². The first-order valence-electron chi connectivity index (χ1n) is 8.14. The molecule has 2 aliphatic rings. The van der Waals surface area contributed by atoms with Gasteiger partial charge in [-0.2, -0.15) is 0 Å². The van der Waals surface area contributed by atoms with Gasteiger partial charge >= 0.3 is 5.63 Å². The Morgan fingerprint density at radius 1 is 1.33 bits per heavy atom. The van der Waals surface area contributed by atoms with Crippen molar-refractivity contribution in [3.63, 3.8) is 0 Å². The number of phenols is 1. The molecule has 3 atom stereocenters. The minimum atomic E-state index is -0.455. The average Bonchev–Trinajstić information content (AvgIpc) is 2.44. The Balaban J connectivity index is 1.88. The number of rotatable bonds is 1. The van der Waals surface area contributed by atoms with Crippen molar-refractivity contribution in [2.24, 2.45) is 0 Å². The van der Waals surface area contributed by atoms with Crippen molar-refractivity contribution in [1.29, 1.82) is 0 Å². The summed E-state index contributed by atoms with van der Waals surface area (Å²) in [6, 6.07) is 4.55. The van der Waals surface area contributed by atoms with Crippen LogP contribution in [0, 0.1) is 0 Å². The molecule has 4 rings (SSSR count). The van der Waals surface area contributed by atoms with E-state index in [2.05, 4.69) is 13.0 Å². The molecule has 0 unspecified atom stereocenters. The van der Waals surface area contributed by atoms with E-state index in [4.69, 9.17) is 13.9 Å². The maximum Gasteiger partial charge on any atom is 0.336 e. The molecule has 5 nitrogen and oxygen atoms in total. The summed E-state index contributed by atoms with van der Waals surface area (Å²) in [4.78, 5) is 11.4. The molecule has 1 fully saturated rings. The van der Waals surface area contributed by atoms with Gasteiger partial charge in [0, 0.05) is 25.0 Å². The van der Waals surface area contributed by atoms with Crippen LogP contribution in [0.1, 0.15) is 45.3 Å². The minimum Gasteiger partial charge on any atom is -0.507 e. The van der Waals surface area contributed by atoms with E-state index in [9.17, 15) is 9.90 Å². The van der Waals surface area contributed by atoms with Crippen molar-refractivity contribution in [2.75, 3.05) is 0 Å². The van der Waals surface area contributed by atoms with E-state index in [0.717, 1.165) is 6.42 Å². The van der Waals surface area contributed by atoms with E-state index in [1.165, 1.54) is 11.6 Å². The molecular weight excluding hydrogens is 308 g/mol. The first kappa shape index (κ1) is 15.3. The molecule has 1 aromatic carbocycles. The van der Waals surface area contributed by atoms with Gasteiger partial charge in [-0.05, 0) is 26.8 Å². The molecular formula is C19H20O5. The summed E-state index contributed by atoms with van der Waals surface area (Å²) < 4.78 is 17.6. The normalized spacial score (nSPS) is 28.1. The standard InChI is InChI=1S/C19H20O5/c1-10(2)6-11-8-19(3)9-15(22-11)17-14(24-19)7-13-12(18(17)21)4-5-16(20)23-13/h4-7,11,15,21H,8-9H2,1-3H3/t11-,15+,19-/m0/s1. The number of hydrogen-bond donors (Lipinski definition) is 1. The van der Waals surface area contributed by atoms with Crippen molar-refractivity contribution < 1.29 is 19.0 Å². The second kappa shape index (κ2) is 5.11. The number of benzene rings is 1. The molecule has 0 radical (unpaired) electrons. The molecule has 0 spiro atoms. The van der Waals surface area contributed by atoms with Crippen LogP contribution in [0.3, 0.4) is 0 Å².